The molecule has 28 heavy (non-hydrogen) atoms. The molecule has 0 aliphatic rings. The van der Waals surface area contributed by atoms with Crippen LogP contribution in [0, 0.1) is 0 Å². The number of ether oxygens (including phenoxy) is 2. The van der Waals surface area contributed by atoms with Gasteiger partial charge in [0.2, 0.25) is 0 Å². The van der Waals surface area contributed by atoms with Crippen molar-refractivity contribution in [2.24, 2.45) is 0 Å². The molecule has 0 amide bonds. The number of nitrogen functional groups attached to an aromatic ring is 1. The molecule has 0 atom stereocenters. The molecule has 7 nitrogen and oxygen atoms in total. The van der Waals surface area contributed by atoms with E-state index in [1.165, 1.54) is 16.0 Å². The molecule has 2 aromatic carbocycles. The van der Waals surface area contributed by atoms with Crippen LogP contribution in [0.3, 0.4) is 0 Å². The number of methoxy groups -OCH3 is 2. The molecule has 0 unspecified atom stereocenters. The van der Waals surface area contributed by atoms with Crippen LogP contribution in [0.5, 0.6) is 11.5 Å². The lowest BCUT2D eigenvalue weighted by Gasteiger charge is -2.09. The lowest BCUT2D eigenvalue weighted by molar-refractivity contribution is 0.411. The van der Waals surface area contributed by atoms with Crippen molar-refractivity contribution in [3.63, 3.8) is 0 Å². The van der Waals surface area contributed by atoms with E-state index in [2.05, 4.69) is 15.3 Å². The molecule has 0 aliphatic heterocycles. The lowest BCUT2D eigenvalue weighted by atomic mass is 10.2. The van der Waals surface area contributed by atoms with E-state index in [0.717, 1.165) is 17.0 Å². The van der Waals surface area contributed by atoms with Crippen LogP contribution in [0.2, 0.25) is 5.02 Å². The summed E-state index contributed by atoms with van der Waals surface area (Å²) >= 11 is 7.56. The van der Waals surface area contributed by atoms with E-state index >= 15 is 0 Å². The second kappa shape index (κ2) is 7.49. The first-order valence-electron chi connectivity index (χ1n) is 8.26. The first-order valence-corrected chi connectivity index (χ1v) is 9.52. The van der Waals surface area contributed by atoms with Crippen LogP contribution in [0.1, 0.15) is 0 Å². The summed E-state index contributed by atoms with van der Waals surface area (Å²) in [7, 11) is 3.21. The third kappa shape index (κ3) is 3.28. The van der Waals surface area contributed by atoms with E-state index in [1.807, 2.05) is 29.6 Å². The molecule has 142 valence electrons. The summed E-state index contributed by atoms with van der Waals surface area (Å²) < 4.78 is 12.2. The number of rotatable bonds is 5. The van der Waals surface area contributed by atoms with Crippen molar-refractivity contribution < 1.29 is 9.47 Å². The van der Waals surface area contributed by atoms with E-state index in [9.17, 15) is 0 Å². The largest absolute Gasteiger partial charge is 0.497 e. The first-order chi connectivity index (χ1) is 13.6. The molecule has 0 saturated heterocycles. The predicted octanol–water partition coefficient (Wildman–Crippen LogP) is 4.31. The van der Waals surface area contributed by atoms with Crippen molar-refractivity contribution in [3.05, 3.63) is 52.9 Å². The van der Waals surface area contributed by atoms with Gasteiger partial charge in [0.15, 0.2) is 11.5 Å². The molecule has 2 heterocycles. The van der Waals surface area contributed by atoms with Gasteiger partial charge >= 0.3 is 0 Å². The highest BCUT2D eigenvalue weighted by molar-refractivity contribution is 7.13. The molecule has 0 saturated carbocycles. The average Bonchev–Trinajstić information content (AvgIpc) is 3.34. The summed E-state index contributed by atoms with van der Waals surface area (Å²) in [5, 5.41) is 11.6. The standard InChI is InChI=1S/C19H16ClN5O2S/c1-26-13-5-3-4-11(8-13)14-10-28-19(22-14)17-18(21)25(24-23-17)15-9-12(20)6-7-16(15)27-2/h3-10H,21H2,1-2H3. The molecule has 9 heteroatoms. The van der Waals surface area contributed by atoms with E-state index in [1.54, 1.807) is 32.4 Å². The first kappa shape index (κ1) is 18.3. The number of hydrogen-bond acceptors (Lipinski definition) is 7. The van der Waals surface area contributed by atoms with Gasteiger partial charge in [-0.2, -0.15) is 4.68 Å². The molecule has 0 fully saturated rings. The fourth-order valence-electron chi connectivity index (χ4n) is 2.75. The van der Waals surface area contributed by atoms with Gasteiger partial charge in [-0.1, -0.05) is 28.9 Å². The number of thiazole rings is 1. The molecule has 0 aliphatic carbocycles. The van der Waals surface area contributed by atoms with Gasteiger partial charge in [0, 0.05) is 16.0 Å². The molecular weight excluding hydrogens is 398 g/mol. The van der Waals surface area contributed by atoms with Crippen LogP contribution in [-0.2, 0) is 0 Å². The maximum absolute atomic E-state index is 6.32. The van der Waals surface area contributed by atoms with Gasteiger partial charge in [-0.15, -0.1) is 16.4 Å². The third-order valence-corrected chi connectivity index (χ3v) is 5.23. The summed E-state index contributed by atoms with van der Waals surface area (Å²) in [6, 6.07) is 12.9. The Labute approximate surface area is 170 Å². The molecule has 2 aromatic heterocycles. The molecular formula is C19H16ClN5O2S. The van der Waals surface area contributed by atoms with Crippen molar-refractivity contribution >= 4 is 28.8 Å². The van der Waals surface area contributed by atoms with E-state index in [0.29, 0.717) is 33.0 Å². The van der Waals surface area contributed by atoms with E-state index in [-0.39, 0.29) is 0 Å². The summed E-state index contributed by atoms with van der Waals surface area (Å²) in [5.41, 5.74) is 9.19. The minimum Gasteiger partial charge on any atom is -0.497 e. The SMILES string of the molecule is COc1cccc(-c2csc(-c3nnn(-c4cc(Cl)ccc4OC)c3N)n2)c1. The lowest BCUT2D eigenvalue weighted by Crippen LogP contribution is -2.04. The summed E-state index contributed by atoms with van der Waals surface area (Å²) in [5.74, 6) is 1.71. The van der Waals surface area contributed by atoms with Crippen LogP contribution in [0.15, 0.2) is 47.8 Å². The van der Waals surface area contributed by atoms with Gasteiger partial charge in [0.25, 0.3) is 0 Å². The Hall–Kier alpha value is -3.10. The molecule has 0 radical (unpaired) electrons. The van der Waals surface area contributed by atoms with E-state index < -0.39 is 0 Å². The van der Waals surface area contributed by atoms with Gasteiger partial charge in [-0.05, 0) is 30.3 Å². The van der Waals surface area contributed by atoms with Crippen LogP contribution in [0.25, 0.3) is 27.6 Å². The Morgan fingerprint density at radius 1 is 1.11 bits per heavy atom. The highest BCUT2D eigenvalue weighted by atomic mass is 35.5. The van der Waals surface area contributed by atoms with Gasteiger partial charge in [-0.3, -0.25) is 0 Å². The third-order valence-electron chi connectivity index (χ3n) is 4.15. The Bertz CT molecular complexity index is 1140. The zero-order valence-electron chi connectivity index (χ0n) is 15.1. The normalized spacial score (nSPS) is 10.8. The van der Waals surface area contributed by atoms with Crippen molar-refractivity contribution in [1.82, 2.24) is 20.0 Å². The summed E-state index contributed by atoms with van der Waals surface area (Å²) in [4.78, 5) is 4.66. The van der Waals surface area contributed by atoms with Crippen LogP contribution < -0.4 is 15.2 Å². The number of benzene rings is 2. The second-order valence-electron chi connectivity index (χ2n) is 5.82. The fraction of sp³-hybridized carbons (Fsp3) is 0.105. The Kier molecular flexibility index (Phi) is 4.89. The van der Waals surface area contributed by atoms with Crippen LogP contribution in [-0.4, -0.2) is 34.2 Å². The smallest absolute Gasteiger partial charge is 0.165 e. The monoisotopic (exact) mass is 413 g/mol. The Balaban J connectivity index is 1.73. The van der Waals surface area contributed by atoms with Gasteiger partial charge in [-0.25, -0.2) is 4.98 Å². The van der Waals surface area contributed by atoms with Crippen LogP contribution >= 0.6 is 22.9 Å². The molecule has 4 rings (SSSR count). The zero-order chi connectivity index (χ0) is 19.7. The van der Waals surface area contributed by atoms with Crippen molar-refractivity contribution in [2.45, 2.75) is 0 Å². The van der Waals surface area contributed by atoms with Crippen molar-refractivity contribution in [3.8, 4) is 39.1 Å². The van der Waals surface area contributed by atoms with Crippen molar-refractivity contribution in [2.75, 3.05) is 20.0 Å². The maximum Gasteiger partial charge on any atom is 0.165 e. The molecule has 0 bridgehead atoms. The minimum atomic E-state index is 0.354. The summed E-state index contributed by atoms with van der Waals surface area (Å²) in [6.45, 7) is 0. The van der Waals surface area contributed by atoms with E-state index in [4.69, 9.17) is 26.8 Å². The maximum atomic E-state index is 6.32. The quantitative estimate of drug-likeness (QED) is 0.524. The Morgan fingerprint density at radius 3 is 2.75 bits per heavy atom. The molecule has 4 aromatic rings. The average molecular weight is 414 g/mol. The number of halogens is 1. The topological polar surface area (TPSA) is 88.1 Å². The number of hydrogen-bond donors (Lipinski definition) is 1. The summed E-state index contributed by atoms with van der Waals surface area (Å²) in [6.07, 6.45) is 0. The highest BCUT2D eigenvalue weighted by Gasteiger charge is 2.19. The Morgan fingerprint density at radius 2 is 1.96 bits per heavy atom. The molecule has 0 spiro atoms. The van der Waals surface area contributed by atoms with Crippen molar-refractivity contribution in [1.29, 1.82) is 0 Å². The number of anilines is 1. The second-order valence-corrected chi connectivity index (χ2v) is 7.12. The van der Waals surface area contributed by atoms with Gasteiger partial charge in [0.05, 0.1) is 19.9 Å². The number of nitrogens with zero attached hydrogens (tertiary/aromatic N) is 4. The highest BCUT2D eigenvalue weighted by Crippen LogP contribution is 2.34. The number of nitrogens with two attached hydrogens (primary N) is 1. The predicted molar refractivity (Wildman–Crippen MR) is 110 cm³/mol. The zero-order valence-corrected chi connectivity index (χ0v) is 16.7. The van der Waals surface area contributed by atoms with Crippen LogP contribution in [0.4, 0.5) is 5.82 Å². The molecule has 2 N–H and O–H groups in total. The van der Waals surface area contributed by atoms with Gasteiger partial charge in [0.1, 0.15) is 22.2 Å². The van der Waals surface area contributed by atoms with Gasteiger partial charge < -0.3 is 15.2 Å². The number of aromatic nitrogens is 4. The minimum absolute atomic E-state index is 0.354. The fourth-order valence-corrected chi connectivity index (χ4v) is 3.73.